The Hall–Kier alpha value is -0.300. The van der Waals surface area contributed by atoms with Crippen LogP contribution in [0.15, 0.2) is 12.2 Å². The van der Waals surface area contributed by atoms with E-state index in [9.17, 15) is 5.11 Å². The Bertz CT molecular complexity index is 155. The Kier molecular flexibility index (Phi) is 5.93. The van der Waals surface area contributed by atoms with Crippen molar-refractivity contribution in [1.82, 2.24) is 0 Å². The van der Waals surface area contributed by atoms with E-state index in [-0.39, 0.29) is 6.10 Å². The quantitative estimate of drug-likeness (QED) is 0.486. The van der Waals surface area contributed by atoms with E-state index in [1.165, 1.54) is 38.5 Å². The van der Waals surface area contributed by atoms with Gasteiger partial charge in [0.05, 0.1) is 6.10 Å². The van der Waals surface area contributed by atoms with Crippen LogP contribution >= 0.6 is 0 Å². The fourth-order valence-corrected chi connectivity index (χ4v) is 2.10. The van der Waals surface area contributed by atoms with E-state index in [1.54, 1.807) is 0 Å². The van der Waals surface area contributed by atoms with Gasteiger partial charge in [0.2, 0.25) is 0 Å². The second kappa shape index (κ2) is 7.05. The highest BCUT2D eigenvalue weighted by Crippen LogP contribution is 2.23. The zero-order valence-corrected chi connectivity index (χ0v) is 9.41. The number of unbranched alkanes of at least 4 members (excludes halogenated alkanes) is 2. The molecule has 1 atom stereocenters. The number of hydrogen-bond donors (Lipinski definition) is 1. The molecule has 1 unspecified atom stereocenters. The average molecular weight is 196 g/mol. The number of aliphatic hydroxyl groups is 1. The highest BCUT2D eigenvalue weighted by Gasteiger charge is 2.09. The Labute approximate surface area is 88.2 Å². The van der Waals surface area contributed by atoms with Gasteiger partial charge in [0, 0.05) is 0 Å². The van der Waals surface area contributed by atoms with Crippen LogP contribution in [-0.2, 0) is 0 Å². The lowest BCUT2D eigenvalue weighted by Gasteiger charge is -2.09. The first-order valence-corrected chi connectivity index (χ1v) is 6.16. The standard InChI is InChI=1S/C13H24O/c1-2-13(14)11-5-3-4-8-12-9-6-7-10-12/h6-7,12-14H,2-5,8-11H2,1H3. The smallest absolute Gasteiger partial charge is 0.0537 e. The average Bonchev–Trinajstić information content (AvgIpc) is 2.69. The van der Waals surface area contributed by atoms with E-state index in [1.807, 2.05) is 0 Å². The summed E-state index contributed by atoms with van der Waals surface area (Å²) in [4.78, 5) is 0. The molecule has 0 saturated carbocycles. The molecule has 0 bridgehead atoms. The molecule has 82 valence electrons. The molecule has 1 aliphatic rings. The number of allylic oxidation sites excluding steroid dienone is 2. The molecule has 0 heterocycles. The monoisotopic (exact) mass is 196 g/mol. The first kappa shape index (κ1) is 11.8. The van der Waals surface area contributed by atoms with E-state index in [0.29, 0.717) is 0 Å². The molecule has 1 N–H and O–H groups in total. The Balaban J connectivity index is 1.84. The molecule has 0 fully saturated rings. The first-order chi connectivity index (χ1) is 6.83. The van der Waals surface area contributed by atoms with Gasteiger partial charge in [-0.15, -0.1) is 0 Å². The summed E-state index contributed by atoms with van der Waals surface area (Å²) >= 11 is 0. The Morgan fingerprint density at radius 2 is 1.93 bits per heavy atom. The summed E-state index contributed by atoms with van der Waals surface area (Å²) in [6, 6.07) is 0. The zero-order valence-electron chi connectivity index (χ0n) is 9.41. The molecule has 0 aromatic heterocycles. The minimum absolute atomic E-state index is 0.0526. The molecule has 1 heteroatoms. The third kappa shape index (κ3) is 4.80. The van der Waals surface area contributed by atoms with Crippen molar-refractivity contribution in [2.45, 2.75) is 64.4 Å². The van der Waals surface area contributed by atoms with E-state index in [4.69, 9.17) is 0 Å². The maximum absolute atomic E-state index is 9.36. The van der Waals surface area contributed by atoms with Crippen LogP contribution in [-0.4, -0.2) is 11.2 Å². The van der Waals surface area contributed by atoms with Crippen LogP contribution in [0.5, 0.6) is 0 Å². The largest absolute Gasteiger partial charge is 0.393 e. The molecule has 0 aromatic rings. The van der Waals surface area contributed by atoms with E-state index in [2.05, 4.69) is 19.1 Å². The molecule has 0 aromatic carbocycles. The van der Waals surface area contributed by atoms with Crippen LogP contribution in [0.2, 0.25) is 0 Å². The molecular weight excluding hydrogens is 172 g/mol. The number of hydrogen-bond acceptors (Lipinski definition) is 1. The minimum Gasteiger partial charge on any atom is -0.393 e. The van der Waals surface area contributed by atoms with Gasteiger partial charge < -0.3 is 5.11 Å². The highest BCUT2D eigenvalue weighted by molar-refractivity contribution is 4.93. The van der Waals surface area contributed by atoms with Crippen LogP contribution in [0.3, 0.4) is 0 Å². The van der Waals surface area contributed by atoms with Crippen molar-refractivity contribution in [3.63, 3.8) is 0 Å². The predicted octanol–water partition coefficient (Wildman–Crippen LogP) is 3.67. The topological polar surface area (TPSA) is 20.2 Å². The van der Waals surface area contributed by atoms with E-state index >= 15 is 0 Å². The molecule has 0 saturated heterocycles. The molecule has 0 radical (unpaired) electrons. The Morgan fingerprint density at radius 3 is 2.57 bits per heavy atom. The predicted molar refractivity (Wildman–Crippen MR) is 61.2 cm³/mol. The minimum atomic E-state index is -0.0526. The van der Waals surface area contributed by atoms with Gasteiger partial charge in [-0.3, -0.25) is 0 Å². The number of aliphatic hydroxyl groups excluding tert-OH is 1. The summed E-state index contributed by atoms with van der Waals surface area (Å²) in [6.45, 7) is 2.05. The fraction of sp³-hybridized carbons (Fsp3) is 0.846. The van der Waals surface area contributed by atoms with Crippen LogP contribution in [0.4, 0.5) is 0 Å². The van der Waals surface area contributed by atoms with Gasteiger partial charge in [-0.25, -0.2) is 0 Å². The van der Waals surface area contributed by atoms with Crippen molar-refractivity contribution in [3.05, 3.63) is 12.2 Å². The van der Waals surface area contributed by atoms with E-state index in [0.717, 1.165) is 18.8 Å². The van der Waals surface area contributed by atoms with Crippen LogP contribution in [0.1, 0.15) is 58.3 Å². The molecule has 14 heavy (non-hydrogen) atoms. The molecular formula is C13H24O. The van der Waals surface area contributed by atoms with Crippen LogP contribution in [0, 0.1) is 5.92 Å². The summed E-state index contributed by atoms with van der Waals surface area (Å²) in [5.41, 5.74) is 0. The van der Waals surface area contributed by atoms with Gasteiger partial charge in [-0.2, -0.15) is 0 Å². The molecule has 0 aliphatic heterocycles. The molecule has 0 spiro atoms. The summed E-state index contributed by atoms with van der Waals surface area (Å²) in [5, 5.41) is 9.36. The fourth-order valence-electron chi connectivity index (χ4n) is 2.10. The molecule has 0 amide bonds. The lowest BCUT2D eigenvalue weighted by atomic mass is 9.98. The lowest BCUT2D eigenvalue weighted by molar-refractivity contribution is 0.156. The maximum atomic E-state index is 9.36. The van der Waals surface area contributed by atoms with Crippen LogP contribution < -0.4 is 0 Å². The van der Waals surface area contributed by atoms with Crippen molar-refractivity contribution >= 4 is 0 Å². The lowest BCUT2D eigenvalue weighted by Crippen LogP contribution is -2.03. The SMILES string of the molecule is CCC(O)CCCCCC1CC=CC1. The summed E-state index contributed by atoms with van der Waals surface area (Å²) in [7, 11) is 0. The van der Waals surface area contributed by atoms with Crippen molar-refractivity contribution in [2.24, 2.45) is 5.92 Å². The number of rotatable bonds is 7. The van der Waals surface area contributed by atoms with Crippen molar-refractivity contribution in [2.75, 3.05) is 0 Å². The highest BCUT2D eigenvalue weighted by atomic mass is 16.3. The normalized spacial score (nSPS) is 19.0. The second-order valence-corrected chi connectivity index (χ2v) is 4.51. The zero-order chi connectivity index (χ0) is 10.2. The van der Waals surface area contributed by atoms with Gasteiger partial charge >= 0.3 is 0 Å². The molecule has 1 nitrogen and oxygen atoms in total. The first-order valence-electron chi connectivity index (χ1n) is 6.16. The third-order valence-electron chi connectivity index (χ3n) is 3.23. The summed E-state index contributed by atoms with van der Waals surface area (Å²) < 4.78 is 0. The summed E-state index contributed by atoms with van der Waals surface area (Å²) in [6.07, 6.45) is 14.3. The van der Waals surface area contributed by atoms with Crippen LogP contribution in [0.25, 0.3) is 0 Å². The molecule has 1 aliphatic carbocycles. The second-order valence-electron chi connectivity index (χ2n) is 4.51. The summed E-state index contributed by atoms with van der Waals surface area (Å²) in [5.74, 6) is 0.936. The van der Waals surface area contributed by atoms with Gasteiger partial charge in [-0.1, -0.05) is 38.3 Å². The van der Waals surface area contributed by atoms with Gasteiger partial charge in [-0.05, 0) is 38.0 Å². The van der Waals surface area contributed by atoms with E-state index < -0.39 is 0 Å². The van der Waals surface area contributed by atoms with Gasteiger partial charge in [0.15, 0.2) is 0 Å². The van der Waals surface area contributed by atoms with Gasteiger partial charge in [0.25, 0.3) is 0 Å². The third-order valence-corrected chi connectivity index (χ3v) is 3.23. The van der Waals surface area contributed by atoms with Crippen molar-refractivity contribution < 1.29 is 5.11 Å². The van der Waals surface area contributed by atoms with Crippen molar-refractivity contribution in [1.29, 1.82) is 0 Å². The Morgan fingerprint density at radius 1 is 1.21 bits per heavy atom. The van der Waals surface area contributed by atoms with Gasteiger partial charge in [0.1, 0.15) is 0 Å². The van der Waals surface area contributed by atoms with Crippen molar-refractivity contribution in [3.8, 4) is 0 Å². The molecule has 1 rings (SSSR count). The maximum Gasteiger partial charge on any atom is 0.0537 e.